The highest BCUT2D eigenvalue weighted by Gasteiger charge is 2.44. The molecule has 1 rings (SSSR count). The van der Waals surface area contributed by atoms with Crippen molar-refractivity contribution in [2.45, 2.75) is 230 Å². The first-order valence-electron chi connectivity index (χ1n) is 24.4. The largest absolute Gasteiger partial charge is 0.457 e. The van der Waals surface area contributed by atoms with Crippen LogP contribution in [0, 0.1) is 0 Å². The molecule has 0 spiro atoms. The van der Waals surface area contributed by atoms with Gasteiger partial charge in [0.25, 0.3) is 0 Å². The molecule has 0 aromatic heterocycles. The van der Waals surface area contributed by atoms with Crippen LogP contribution >= 0.6 is 0 Å². The van der Waals surface area contributed by atoms with Crippen LogP contribution in [0.25, 0.3) is 0 Å². The van der Waals surface area contributed by atoms with Crippen molar-refractivity contribution in [1.82, 2.24) is 0 Å². The van der Waals surface area contributed by atoms with E-state index in [0.717, 1.165) is 70.6 Å². The molecule has 0 aromatic carbocycles. The van der Waals surface area contributed by atoms with Crippen LogP contribution in [0.2, 0.25) is 0 Å². The first kappa shape index (κ1) is 55.9. The molecule has 1 fully saturated rings. The molecule has 4 N–H and O–H groups in total. The average molecular weight is 847 g/mol. The SMILES string of the molecule is CC/C=C\C/C=C\C/C=C\C/C=C\CCCCCCCOCC(COC1OC(CO)C(O)C(O)C1O)OC(=O)CCCCCCCCCCC/C=C\CCCCCCCC. The molecule has 0 aliphatic carbocycles. The number of hydrogen-bond acceptors (Lipinski definition) is 9. The molecule has 6 unspecified atom stereocenters. The summed E-state index contributed by atoms with van der Waals surface area (Å²) in [5, 5.41) is 40.2. The Morgan fingerprint density at radius 1 is 0.550 bits per heavy atom. The van der Waals surface area contributed by atoms with Crippen molar-refractivity contribution in [2.24, 2.45) is 0 Å². The minimum absolute atomic E-state index is 0.124. The van der Waals surface area contributed by atoms with E-state index in [1.54, 1.807) is 0 Å². The maximum absolute atomic E-state index is 12.8. The molecule has 6 atom stereocenters. The molecule has 1 heterocycles. The third-order valence-corrected chi connectivity index (χ3v) is 10.9. The van der Waals surface area contributed by atoms with Crippen molar-refractivity contribution in [2.75, 3.05) is 26.4 Å². The van der Waals surface area contributed by atoms with Gasteiger partial charge in [-0.15, -0.1) is 0 Å². The predicted molar refractivity (Wildman–Crippen MR) is 247 cm³/mol. The van der Waals surface area contributed by atoms with Gasteiger partial charge in [0.15, 0.2) is 6.29 Å². The van der Waals surface area contributed by atoms with E-state index in [0.29, 0.717) is 13.0 Å². The molecule has 1 aliphatic rings. The van der Waals surface area contributed by atoms with Gasteiger partial charge in [0, 0.05) is 13.0 Å². The zero-order valence-electron chi connectivity index (χ0n) is 38.2. The number of hydrogen-bond donors (Lipinski definition) is 4. The van der Waals surface area contributed by atoms with Crippen molar-refractivity contribution >= 4 is 5.97 Å². The summed E-state index contributed by atoms with van der Waals surface area (Å²) in [6, 6.07) is 0. The lowest BCUT2D eigenvalue weighted by Gasteiger charge is -2.39. The molecule has 60 heavy (non-hydrogen) atoms. The zero-order valence-corrected chi connectivity index (χ0v) is 38.2. The Morgan fingerprint density at radius 2 is 1.02 bits per heavy atom. The summed E-state index contributed by atoms with van der Waals surface area (Å²) in [6.45, 7) is 4.40. The lowest BCUT2D eigenvalue weighted by Crippen LogP contribution is -2.59. The van der Waals surface area contributed by atoms with E-state index in [2.05, 4.69) is 74.6 Å². The molecular formula is C51H90O9. The van der Waals surface area contributed by atoms with Crippen molar-refractivity contribution in [3.8, 4) is 0 Å². The van der Waals surface area contributed by atoms with Crippen LogP contribution in [0.4, 0.5) is 0 Å². The molecule has 0 saturated carbocycles. The lowest BCUT2D eigenvalue weighted by atomic mass is 9.99. The fourth-order valence-corrected chi connectivity index (χ4v) is 7.12. The summed E-state index contributed by atoms with van der Waals surface area (Å²) in [6.07, 6.45) is 46.7. The molecule has 9 nitrogen and oxygen atoms in total. The van der Waals surface area contributed by atoms with Crippen LogP contribution < -0.4 is 0 Å². The van der Waals surface area contributed by atoms with Crippen LogP contribution in [0.3, 0.4) is 0 Å². The van der Waals surface area contributed by atoms with Crippen LogP contribution in [-0.2, 0) is 23.7 Å². The van der Waals surface area contributed by atoms with Gasteiger partial charge in [-0.1, -0.05) is 171 Å². The van der Waals surface area contributed by atoms with Gasteiger partial charge >= 0.3 is 5.97 Å². The minimum Gasteiger partial charge on any atom is -0.457 e. The second kappa shape index (κ2) is 42.2. The zero-order chi connectivity index (χ0) is 43.6. The Balaban J connectivity index is 2.25. The van der Waals surface area contributed by atoms with E-state index in [1.165, 1.54) is 103 Å². The highest BCUT2D eigenvalue weighted by Crippen LogP contribution is 2.22. The van der Waals surface area contributed by atoms with E-state index in [9.17, 15) is 25.2 Å². The second-order valence-electron chi connectivity index (χ2n) is 16.5. The maximum Gasteiger partial charge on any atom is 0.306 e. The van der Waals surface area contributed by atoms with Crippen molar-refractivity contribution < 1.29 is 44.2 Å². The van der Waals surface area contributed by atoms with Crippen molar-refractivity contribution in [3.63, 3.8) is 0 Å². The number of carbonyl (C=O) groups excluding carboxylic acids is 1. The third-order valence-electron chi connectivity index (χ3n) is 10.9. The fraction of sp³-hybridized carbons (Fsp3) is 0.784. The second-order valence-corrected chi connectivity index (χ2v) is 16.5. The summed E-state index contributed by atoms with van der Waals surface area (Å²) in [5.41, 5.74) is 0. The van der Waals surface area contributed by atoms with Gasteiger partial charge in [0.1, 0.15) is 30.5 Å². The summed E-state index contributed by atoms with van der Waals surface area (Å²) in [4.78, 5) is 12.8. The van der Waals surface area contributed by atoms with E-state index in [-0.39, 0.29) is 19.2 Å². The number of unbranched alkanes of at least 4 members (excludes halogenated alkanes) is 20. The summed E-state index contributed by atoms with van der Waals surface area (Å²) in [5.74, 6) is -0.324. The van der Waals surface area contributed by atoms with Gasteiger partial charge in [-0.2, -0.15) is 0 Å². The molecule has 9 heteroatoms. The Bertz CT molecular complexity index is 1100. The number of esters is 1. The molecule has 348 valence electrons. The molecular weight excluding hydrogens is 757 g/mol. The molecule has 0 bridgehead atoms. The van der Waals surface area contributed by atoms with E-state index in [1.807, 2.05) is 0 Å². The molecule has 1 aliphatic heterocycles. The normalized spacial score (nSPS) is 20.5. The van der Waals surface area contributed by atoms with Gasteiger partial charge in [0.05, 0.1) is 19.8 Å². The van der Waals surface area contributed by atoms with Crippen LogP contribution in [-0.4, -0.2) is 89.6 Å². The topological polar surface area (TPSA) is 135 Å². The summed E-state index contributed by atoms with van der Waals surface area (Å²) < 4.78 is 22.8. The Morgan fingerprint density at radius 3 is 1.55 bits per heavy atom. The van der Waals surface area contributed by atoms with Crippen LogP contribution in [0.15, 0.2) is 60.8 Å². The molecule has 0 radical (unpaired) electrons. The molecule has 1 saturated heterocycles. The first-order chi connectivity index (χ1) is 29.4. The first-order valence-corrected chi connectivity index (χ1v) is 24.4. The van der Waals surface area contributed by atoms with Gasteiger partial charge in [-0.3, -0.25) is 4.79 Å². The van der Waals surface area contributed by atoms with Crippen molar-refractivity contribution in [3.05, 3.63) is 60.8 Å². The quantitative estimate of drug-likeness (QED) is 0.0269. The monoisotopic (exact) mass is 847 g/mol. The fourth-order valence-electron chi connectivity index (χ4n) is 7.12. The number of rotatable bonds is 41. The standard InChI is InChI=1S/C51H90O9/c1-3-5-7-9-11-13-15-17-19-21-23-24-26-28-30-32-34-36-38-40-47(53)59-45(44-58-51-50(56)49(55)48(54)46(42-52)60-51)43-57-41-39-37-35-33-31-29-27-25-22-20-18-16-14-12-10-8-6-4-2/h6,8,12,14,17-20,25,27,45-46,48-52,54-56H,3-5,7,9-11,13,15-16,21-24,26,28-44H2,1-2H3/b8-6-,14-12-,19-17-,20-18-,27-25-. The van der Waals surface area contributed by atoms with Gasteiger partial charge in [0.2, 0.25) is 0 Å². The Kier molecular flexibility index (Phi) is 39.3. The highest BCUT2D eigenvalue weighted by atomic mass is 16.7. The number of allylic oxidation sites excluding steroid dienone is 10. The number of ether oxygens (including phenoxy) is 4. The summed E-state index contributed by atoms with van der Waals surface area (Å²) in [7, 11) is 0. The Hall–Kier alpha value is -2.11. The van der Waals surface area contributed by atoms with E-state index in [4.69, 9.17) is 18.9 Å². The lowest BCUT2D eigenvalue weighted by molar-refractivity contribution is -0.305. The van der Waals surface area contributed by atoms with Gasteiger partial charge in [-0.05, 0) is 77.0 Å². The highest BCUT2D eigenvalue weighted by molar-refractivity contribution is 5.69. The summed E-state index contributed by atoms with van der Waals surface area (Å²) >= 11 is 0. The molecule has 0 aromatic rings. The minimum atomic E-state index is -1.54. The number of aliphatic hydroxyl groups excluding tert-OH is 4. The number of carbonyl (C=O) groups is 1. The molecule has 0 amide bonds. The van der Waals surface area contributed by atoms with E-state index >= 15 is 0 Å². The van der Waals surface area contributed by atoms with Crippen molar-refractivity contribution in [1.29, 1.82) is 0 Å². The Labute approximate surface area is 366 Å². The predicted octanol–water partition coefficient (Wildman–Crippen LogP) is 11.5. The smallest absolute Gasteiger partial charge is 0.306 e. The maximum atomic E-state index is 12.8. The van der Waals surface area contributed by atoms with Gasteiger partial charge in [-0.25, -0.2) is 0 Å². The number of aliphatic hydroxyl groups is 4. The van der Waals surface area contributed by atoms with Gasteiger partial charge < -0.3 is 39.4 Å². The third kappa shape index (κ3) is 32.6. The average Bonchev–Trinajstić information content (AvgIpc) is 3.25. The van der Waals surface area contributed by atoms with Crippen LogP contribution in [0.1, 0.15) is 194 Å². The van der Waals surface area contributed by atoms with E-state index < -0.39 is 43.4 Å². The van der Waals surface area contributed by atoms with Crippen LogP contribution in [0.5, 0.6) is 0 Å².